The van der Waals surface area contributed by atoms with Crippen molar-refractivity contribution in [1.82, 2.24) is 10.6 Å². The minimum Gasteiger partial charge on any atom is -0.348 e. The molecule has 5 heteroatoms. The van der Waals surface area contributed by atoms with Crippen LogP contribution in [0.4, 0.5) is 10.1 Å². The van der Waals surface area contributed by atoms with Crippen LogP contribution in [0.25, 0.3) is 0 Å². The summed E-state index contributed by atoms with van der Waals surface area (Å²) in [6.45, 7) is 2.32. The number of carbonyl (C=O) groups is 1. The van der Waals surface area contributed by atoms with Gasteiger partial charge in [-0.05, 0) is 12.1 Å². The highest BCUT2D eigenvalue weighted by atomic mass is 19.1. The lowest BCUT2D eigenvalue weighted by Crippen LogP contribution is -2.62. The summed E-state index contributed by atoms with van der Waals surface area (Å²) in [5.74, 6) is -0.773. The van der Waals surface area contributed by atoms with Gasteiger partial charge in [0.25, 0.3) is 5.91 Å². The fourth-order valence-corrected chi connectivity index (χ4v) is 2.32. The quantitative estimate of drug-likeness (QED) is 0.662. The summed E-state index contributed by atoms with van der Waals surface area (Å²) in [5.41, 5.74) is 0.871. The van der Waals surface area contributed by atoms with Gasteiger partial charge in [-0.2, -0.15) is 0 Å². The maximum absolute atomic E-state index is 13.6. The third-order valence-corrected chi connectivity index (χ3v) is 3.07. The standard InChI is InChI=1S/C11H12FN3O/c12-7-2-1-3-8-10(7)11(16)14-9-6-13-4-5-15(8)9/h1-3,9,13H,4-6H2,(H,14,16)/t9-/m0/s1. The van der Waals surface area contributed by atoms with E-state index in [9.17, 15) is 9.18 Å². The third kappa shape index (κ3) is 1.28. The number of carbonyl (C=O) groups excluding carboxylic acids is 1. The number of halogens is 1. The Morgan fingerprint density at radius 3 is 3.19 bits per heavy atom. The van der Waals surface area contributed by atoms with Gasteiger partial charge < -0.3 is 15.5 Å². The van der Waals surface area contributed by atoms with Crippen molar-refractivity contribution in [2.24, 2.45) is 0 Å². The minimum atomic E-state index is -0.452. The molecule has 3 rings (SSSR count). The molecule has 0 spiro atoms. The van der Waals surface area contributed by atoms with Crippen molar-refractivity contribution in [2.75, 3.05) is 24.5 Å². The summed E-state index contributed by atoms with van der Waals surface area (Å²) in [5, 5.41) is 6.00. The molecule has 0 unspecified atom stereocenters. The van der Waals surface area contributed by atoms with E-state index < -0.39 is 5.82 Å². The predicted molar refractivity (Wildman–Crippen MR) is 57.9 cm³/mol. The van der Waals surface area contributed by atoms with E-state index in [0.29, 0.717) is 12.2 Å². The SMILES string of the molecule is O=C1N[C@@H]2CNCCN2c2cccc(F)c21. The number of anilines is 1. The summed E-state index contributed by atoms with van der Waals surface area (Å²) in [7, 11) is 0. The van der Waals surface area contributed by atoms with Crippen LogP contribution in [-0.2, 0) is 0 Å². The Morgan fingerprint density at radius 2 is 2.31 bits per heavy atom. The molecule has 0 aromatic heterocycles. The molecule has 1 amide bonds. The normalized spacial score (nSPS) is 23.4. The van der Waals surface area contributed by atoms with Crippen molar-refractivity contribution >= 4 is 11.6 Å². The molecule has 1 aromatic rings. The Morgan fingerprint density at radius 1 is 1.44 bits per heavy atom. The van der Waals surface area contributed by atoms with Crippen LogP contribution in [0.15, 0.2) is 18.2 Å². The maximum atomic E-state index is 13.6. The fourth-order valence-electron chi connectivity index (χ4n) is 2.32. The van der Waals surface area contributed by atoms with Gasteiger partial charge in [0.1, 0.15) is 12.0 Å². The van der Waals surface area contributed by atoms with Crippen molar-refractivity contribution in [3.8, 4) is 0 Å². The first-order valence-electron chi connectivity index (χ1n) is 5.34. The van der Waals surface area contributed by atoms with Crippen LogP contribution in [0.2, 0.25) is 0 Å². The molecule has 2 aliphatic heterocycles. The molecule has 4 nitrogen and oxygen atoms in total. The van der Waals surface area contributed by atoms with Crippen molar-refractivity contribution < 1.29 is 9.18 Å². The topological polar surface area (TPSA) is 44.4 Å². The summed E-state index contributed by atoms with van der Waals surface area (Å²) in [6.07, 6.45) is -0.0597. The number of nitrogens with one attached hydrogen (secondary N) is 2. The fraction of sp³-hybridized carbons (Fsp3) is 0.364. The summed E-state index contributed by atoms with van der Waals surface area (Å²) in [6, 6.07) is 4.77. The number of rotatable bonds is 0. The second kappa shape index (κ2) is 3.45. The van der Waals surface area contributed by atoms with Gasteiger partial charge in [0.05, 0.1) is 11.3 Å². The summed E-state index contributed by atoms with van der Waals surface area (Å²) in [4.78, 5) is 13.8. The number of piperazine rings is 1. The Bertz CT molecular complexity index is 449. The Hall–Kier alpha value is -1.62. The van der Waals surface area contributed by atoms with Crippen LogP contribution in [0.5, 0.6) is 0 Å². The molecule has 2 N–H and O–H groups in total. The molecule has 0 saturated carbocycles. The van der Waals surface area contributed by atoms with Crippen LogP contribution in [0.1, 0.15) is 10.4 Å². The second-order valence-electron chi connectivity index (χ2n) is 4.02. The molecule has 1 aromatic carbocycles. The molecule has 1 saturated heterocycles. The Kier molecular flexibility index (Phi) is 2.07. The molecular formula is C11H12FN3O. The van der Waals surface area contributed by atoms with Gasteiger partial charge in [-0.3, -0.25) is 4.79 Å². The highest BCUT2D eigenvalue weighted by molar-refractivity contribution is 6.02. The molecule has 1 atom stereocenters. The summed E-state index contributed by atoms with van der Waals surface area (Å²) < 4.78 is 13.6. The van der Waals surface area contributed by atoms with E-state index in [0.717, 1.165) is 13.1 Å². The van der Waals surface area contributed by atoms with Gasteiger partial charge in [0.15, 0.2) is 0 Å². The highest BCUT2D eigenvalue weighted by Gasteiger charge is 2.33. The van der Waals surface area contributed by atoms with Gasteiger partial charge in [-0.1, -0.05) is 6.07 Å². The molecule has 2 heterocycles. The largest absolute Gasteiger partial charge is 0.348 e. The van der Waals surface area contributed by atoms with E-state index in [1.165, 1.54) is 6.07 Å². The molecule has 0 aliphatic carbocycles. The van der Waals surface area contributed by atoms with E-state index in [1.54, 1.807) is 12.1 Å². The lowest BCUT2D eigenvalue weighted by atomic mass is 10.1. The van der Waals surface area contributed by atoms with Crippen LogP contribution >= 0.6 is 0 Å². The van der Waals surface area contributed by atoms with E-state index in [4.69, 9.17) is 0 Å². The second-order valence-corrected chi connectivity index (χ2v) is 4.02. The Labute approximate surface area is 92.4 Å². The van der Waals surface area contributed by atoms with E-state index in [-0.39, 0.29) is 17.6 Å². The first-order chi connectivity index (χ1) is 7.77. The van der Waals surface area contributed by atoms with E-state index >= 15 is 0 Å². The molecule has 16 heavy (non-hydrogen) atoms. The zero-order chi connectivity index (χ0) is 11.1. The number of nitrogens with zero attached hydrogens (tertiary/aromatic N) is 1. The van der Waals surface area contributed by atoms with Crippen molar-refractivity contribution in [2.45, 2.75) is 6.17 Å². The van der Waals surface area contributed by atoms with Crippen LogP contribution in [-0.4, -0.2) is 31.7 Å². The van der Waals surface area contributed by atoms with Gasteiger partial charge in [0.2, 0.25) is 0 Å². The van der Waals surface area contributed by atoms with Crippen LogP contribution in [0.3, 0.4) is 0 Å². The molecule has 2 aliphatic rings. The van der Waals surface area contributed by atoms with Gasteiger partial charge >= 0.3 is 0 Å². The zero-order valence-corrected chi connectivity index (χ0v) is 8.66. The molecule has 84 valence electrons. The van der Waals surface area contributed by atoms with E-state index in [1.807, 2.05) is 4.90 Å². The highest BCUT2D eigenvalue weighted by Crippen LogP contribution is 2.28. The van der Waals surface area contributed by atoms with E-state index in [2.05, 4.69) is 10.6 Å². The predicted octanol–water partition coefficient (Wildman–Crippen LogP) is 0.305. The lowest BCUT2D eigenvalue weighted by Gasteiger charge is -2.42. The molecular weight excluding hydrogens is 209 g/mol. The molecule has 0 radical (unpaired) electrons. The van der Waals surface area contributed by atoms with Crippen LogP contribution in [0, 0.1) is 5.82 Å². The first-order valence-corrected chi connectivity index (χ1v) is 5.34. The van der Waals surface area contributed by atoms with Crippen molar-refractivity contribution in [1.29, 1.82) is 0 Å². The number of benzene rings is 1. The first kappa shape index (κ1) is 9.59. The number of fused-ring (bicyclic) bond motifs is 3. The molecule has 0 bridgehead atoms. The lowest BCUT2D eigenvalue weighted by molar-refractivity contribution is 0.0918. The van der Waals surface area contributed by atoms with Gasteiger partial charge in [-0.25, -0.2) is 4.39 Å². The van der Waals surface area contributed by atoms with Crippen molar-refractivity contribution in [3.05, 3.63) is 29.6 Å². The van der Waals surface area contributed by atoms with Crippen LogP contribution < -0.4 is 15.5 Å². The monoisotopic (exact) mass is 221 g/mol. The number of hydrogen-bond donors (Lipinski definition) is 2. The maximum Gasteiger partial charge on any atom is 0.258 e. The minimum absolute atomic E-state index is 0.0597. The number of amides is 1. The summed E-state index contributed by atoms with van der Waals surface area (Å²) >= 11 is 0. The van der Waals surface area contributed by atoms with Gasteiger partial charge in [-0.15, -0.1) is 0 Å². The van der Waals surface area contributed by atoms with Gasteiger partial charge in [0, 0.05) is 19.6 Å². The average molecular weight is 221 g/mol. The zero-order valence-electron chi connectivity index (χ0n) is 8.66. The third-order valence-electron chi connectivity index (χ3n) is 3.07. The number of hydrogen-bond acceptors (Lipinski definition) is 3. The Balaban J connectivity index is 2.11. The van der Waals surface area contributed by atoms with Crippen molar-refractivity contribution in [3.63, 3.8) is 0 Å². The smallest absolute Gasteiger partial charge is 0.258 e. The average Bonchev–Trinajstić information content (AvgIpc) is 2.29. The molecule has 1 fully saturated rings.